The van der Waals surface area contributed by atoms with Crippen LogP contribution in [0.3, 0.4) is 0 Å². The van der Waals surface area contributed by atoms with Crippen molar-refractivity contribution in [3.05, 3.63) is 69.7 Å². The second kappa shape index (κ2) is 5.93. The van der Waals surface area contributed by atoms with Crippen LogP contribution in [0.4, 0.5) is 0 Å². The van der Waals surface area contributed by atoms with Crippen molar-refractivity contribution < 1.29 is 9.53 Å². The molecule has 1 aliphatic heterocycles. The van der Waals surface area contributed by atoms with Crippen molar-refractivity contribution >= 4 is 27.7 Å². The molecule has 2 aromatic carbocycles. The number of aryl methyl sites for hydroxylation is 1. The zero-order valence-corrected chi connectivity index (χ0v) is 13.9. The van der Waals surface area contributed by atoms with Gasteiger partial charge in [-0.2, -0.15) is 5.01 Å². The van der Waals surface area contributed by atoms with Crippen LogP contribution in [-0.2, 0) is 9.53 Å². The average Bonchev–Trinajstić information content (AvgIpc) is 2.94. The number of hydrogen-bond acceptors (Lipinski definition) is 3. The Hall–Kier alpha value is -2.14. The molecule has 1 atom stereocenters. The average molecular weight is 359 g/mol. The van der Waals surface area contributed by atoms with Crippen molar-refractivity contribution in [2.24, 2.45) is 5.10 Å². The van der Waals surface area contributed by atoms with Crippen molar-refractivity contribution in [2.75, 3.05) is 0 Å². The third-order valence-corrected chi connectivity index (χ3v) is 3.95. The molecular formula is C17H15BrN2O2. The predicted octanol–water partition coefficient (Wildman–Crippen LogP) is 4.00. The maximum Gasteiger partial charge on any atom is 0.243 e. The lowest BCUT2D eigenvalue weighted by atomic mass is 10.1. The minimum atomic E-state index is -0.526. The molecule has 1 heterocycles. The number of carbonyl (C=O) groups excluding carboxylic acids is 1. The van der Waals surface area contributed by atoms with Crippen LogP contribution in [0, 0.1) is 6.92 Å². The van der Waals surface area contributed by atoms with Gasteiger partial charge in [-0.3, -0.25) is 4.79 Å². The second-order valence-electron chi connectivity index (χ2n) is 5.16. The number of nitrogens with zero attached hydrogens (tertiary/aromatic N) is 2. The van der Waals surface area contributed by atoms with Gasteiger partial charge in [0.1, 0.15) is 0 Å². The Bertz CT molecular complexity index is 723. The zero-order valence-electron chi connectivity index (χ0n) is 12.3. The van der Waals surface area contributed by atoms with Crippen molar-refractivity contribution in [3.63, 3.8) is 0 Å². The number of rotatable bonds is 2. The van der Waals surface area contributed by atoms with Gasteiger partial charge in [-0.1, -0.05) is 45.8 Å². The Labute approximate surface area is 137 Å². The van der Waals surface area contributed by atoms with Crippen LogP contribution < -0.4 is 0 Å². The molecule has 0 aromatic heterocycles. The van der Waals surface area contributed by atoms with Gasteiger partial charge in [-0.15, -0.1) is 5.10 Å². The van der Waals surface area contributed by atoms with Crippen LogP contribution in [0.25, 0.3) is 0 Å². The first kappa shape index (κ1) is 14.8. The summed E-state index contributed by atoms with van der Waals surface area (Å²) in [5.41, 5.74) is 2.90. The molecule has 3 rings (SSSR count). The number of hydrogen-bond donors (Lipinski definition) is 0. The number of carbonyl (C=O) groups is 1. The maximum absolute atomic E-state index is 11.9. The van der Waals surface area contributed by atoms with E-state index in [1.807, 2.05) is 55.5 Å². The van der Waals surface area contributed by atoms with Crippen molar-refractivity contribution in [3.8, 4) is 0 Å². The van der Waals surface area contributed by atoms with Crippen LogP contribution in [-0.4, -0.2) is 16.8 Å². The first-order valence-electron chi connectivity index (χ1n) is 6.92. The van der Waals surface area contributed by atoms with Crippen molar-refractivity contribution in [1.29, 1.82) is 0 Å². The highest BCUT2D eigenvalue weighted by Gasteiger charge is 2.32. The first-order valence-corrected chi connectivity index (χ1v) is 7.71. The minimum absolute atomic E-state index is 0.157. The highest BCUT2D eigenvalue weighted by molar-refractivity contribution is 9.10. The van der Waals surface area contributed by atoms with E-state index >= 15 is 0 Å². The summed E-state index contributed by atoms with van der Waals surface area (Å²) in [6.45, 7) is 3.50. The standard InChI is InChI=1S/C17H15BrN2O2/c1-11-3-5-13(6-4-11)16-19-20(12(2)21)17(22-16)14-7-9-15(18)10-8-14/h3-10,17H,1-2H3/t17-/m1/s1. The van der Waals surface area contributed by atoms with Crippen LogP contribution in [0.1, 0.15) is 29.8 Å². The van der Waals surface area contributed by atoms with E-state index in [9.17, 15) is 4.79 Å². The summed E-state index contributed by atoms with van der Waals surface area (Å²) in [5, 5.41) is 5.71. The highest BCUT2D eigenvalue weighted by atomic mass is 79.9. The number of halogens is 1. The van der Waals surface area contributed by atoms with E-state index in [1.54, 1.807) is 0 Å². The molecule has 22 heavy (non-hydrogen) atoms. The van der Waals surface area contributed by atoms with Gasteiger partial charge in [0.2, 0.25) is 18.0 Å². The molecule has 0 fully saturated rings. The number of amides is 1. The summed E-state index contributed by atoms with van der Waals surface area (Å²) >= 11 is 3.40. The summed E-state index contributed by atoms with van der Waals surface area (Å²) in [5.74, 6) is 0.304. The van der Waals surface area contributed by atoms with Crippen molar-refractivity contribution in [2.45, 2.75) is 20.1 Å². The predicted molar refractivity (Wildman–Crippen MR) is 88.2 cm³/mol. The summed E-state index contributed by atoms with van der Waals surface area (Å²) in [6.07, 6.45) is -0.526. The quantitative estimate of drug-likeness (QED) is 0.814. The Morgan fingerprint density at radius 2 is 1.77 bits per heavy atom. The molecule has 0 unspecified atom stereocenters. The molecule has 0 spiro atoms. The fraction of sp³-hybridized carbons (Fsp3) is 0.176. The lowest BCUT2D eigenvalue weighted by Crippen LogP contribution is -2.25. The molecule has 0 aliphatic carbocycles. The monoisotopic (exact) mass is 358 g/mol. The van der Waals surface area contributed by atoms with Gasteiger partial charge < -0.3 is 4.74 Å². The van der Waals surface area contributed by atoms with Gasteiger partial charge in [0.15, 0.2) is 0 Å². The first-order chi connectivity index (χ1) is 10.5. The third kappa shape index (κ3) is 2.90. The largest absolute Gasteiger partial charge is 0.446 e. The van der Waals surface area contributed by atoms with E-state index in [1.165, 1.54) is 11.9 Å². The molecule has 0 bridgehead atoms. The topological polar surface area (TPSA) is 41.9 Å². The molecule has 112 valence electrons. The van der Waals surface area contributed by atoms with E-state index in [0.717, 1.165) is 21.2 Å². The zero-order chi connectivity index (χ0) is 15.7. The lowest BCUT2D eigenvalue weighted by molar-refractivity contribution is -0.135. The van der Waals surface area contributed by atoms with Crippen LogP contribution >= 0.6 is 15.9 Å². The number of hydrazone groups is 1. The molecule has 0 radical (unpaired) electrons. The molecule has 1 aliphatic rings. The van der Waals surface area contributed by atoms with Crippen LogP contribution in [0.2, 0.25) is 0 Å². The Morgan fingerprint density at radius 1 is 1.14 bits per heavy atom. The van der Waals surface area contributed by atoms with Gasteiger partial charge in [0.05, 0.1) is 0 Å². The third-order valence-electron chi connectivity index (χ3n) is 3.42. The van der Waals surface area contributed by atoms with Gasteiger partial charge >= 0.3 is 0 Å². The second-order valence-corrected chi connectivity index (χ2v) is 6.07. The van der Waals surface area contributed by atoms with Gasteiger partial charge in [0.25, 0.3) is 0 Å². The minimum Gasteiger partial charge on any atom is -0.446 e. The van der Waals surface area contributed by atoms with Crippen molar-refractivity contribution in [1.82, 2.24) is 5.01 Å². The van der Waals surface area contributed by atoms with E-state index in [2.05, 4.69) is 21.0 Å². The SMILES string of the molecule is CC(=O)N1N=C(c2ccc(C)cc2)O[C@@H]1c1ccc(Br)cc1. The summed E-state index contributed by atoms with van der Waals surface area (Å²) in [6, 6.07) is 15.5. The van der Waals surface area contributed by atoms with Gasteiger partial charge in [-0.25, -0.2) is 0 Å². The summed E-state index contributed by atoms with van der Waals surface area (Å²) in [4.78, 5) is 11.9. The summed E-state index contributed by atoms with van der Waals surface area (Å²) < 4.78 is 6.90. The van der Waals surface area contributed by atoms with Crippen LogP contribution in [0.5, 0.6) is 0 Å². The van der Waals surface area contributed by atoms with E-state index < -0.39 is 6.23 Å². The summed E-state index contributed by atoms with van der Waals surface area (Å²) in [7, 11) is 0. The highest BCUT2D eigenvalue weighted by Crippen LogP contribution is 2.30. The van der Waals surface area contributed by atoms with E-state index in [4.69, 9.17) is 4.74 Å². The maximum atomic E-state index is 11.9. The smallest absolute Gasteiger partial charge is 0.243 e. The molecule has 1 amide bonds. The van der Waals surface area contributed by atoms with Gasteiger partial charge in [0, 0.05) is 22.5 Å². The lowest BCUT2D eigenvalue weighted by Gasteiger charge is -2.19. The molecule has 5 heteroatoms. The Kier molecular flexibility index (Phi) is 3.98. The molecular weight excluding hydrogens is 344 g/mol. The fourth-order valence-corrected chi connectivity index (χ4v) is 2.49. The Morgan fingerprint density at radius 3 is 2.36 bits per heavy atom. The van der Waals surface area contributed by atoms with E-state index in [0.29, 0.717) is 5.90 Å². The number of ether oxygens (including phenoxy) is 1. The van der Waals surface area contributed by atoms with Gasteiger partial charge in [-0.05, 0) is 31.2 Å². The molecule has 2 aromatic rings. The Balaban J connectivity index is 1.92. The van der Waals surface area contributed by atoms with Crippen LogP contribution in [0.15, 0.2) is 58.1 Å². The number of benzene rings is 2. The fourth-order valence-electron chi connectivity index (χ4n) is 2.22. The molecule has 4 nitrogen and oxygen atoms in total. The van der Waals surface area contributed by atoms with E-state index in [-0.39, 0.29) is 5.91 Å². The molecule has 0 saturated carbocycles. The molecule has 0 N–H and O–H groups in total. The molecule has 0 saturated heterocycles. The normalized spacial score (nSPS) is 17.1.